The summed E-state index contributed by atoms with van der Waals surface area (Å²) in [5.74, 6) is 0. The molecule has 0 saturated carbocycles. The number of nitrogens with zero attached hydrogens (tertiary/aromatic N) is 2. The molecule has 0 saturated heterocycles. The fourth-order valence-corrected chi connectivity index (χ4v) is 17.8. The molecule has 0 unspecified atom stereocenters. The van der Waals surface area contributed by atoms with Gasteiger partial charge in [0.25, 0.3) is 0 Å². The molecule has 2 nitrogen and oxygen atoms in total. The quantitative estimate of drug-likeness (QED) is 0.111. The van der Waals surface area contributed by atoms with Crippen LogP contribution in [-0.4, -0.2) is 0 Å². The summed E-state index contributed by atoms with van der Waals surface area (Å²) in [4.78, 5) is 5.03. The first-order valence-corrected chi connectivity index (χ1v) is 34.5. The molecule has 20 rings (SSSR count). The lowest BCUT2D eigenvalue weighted by Crippen LogP contribution is -2.17. The van der Waals surface area contributed by atoms with Gasteiger partial charge in [-0.25, -0.2) is 0 Å². The van der Waals surface area contributed by atoms with Crippen molar-refractivity contribution < 1.29 is 0 Å². The third-order valence-electron chi connectivity index (χ3n) is 22.2. The van der Waals surface area contributed by atoms with Gasteiger partial charge in [-0.15, -0.1) is 0 Å². The Labute approximate surface area is 570 Å². The Morgan fingerprint density at radius 2 is 0.520 bits per heavy atom. The van der Waals surface area contributed by atoms with E-state index >= 15 is 0 Å². The van der Waals surface area contributed by atoms with Crippen molar-refractivity contribution in [1.82, 2.24) is 0 Å². The molecule has 0 atom stereocenters. The van der Waals surface area contributed by atoms with Crippen LogP contribution in [0.2, 0.25) is 0 Å². The van der Waals surface area contributed by atoms with Gasteiger partial charge in [0.2, 0.25) is 0 Å². The molecule has 460 valence electrons. The van der Waals surface area contributed by atoms with Crippen LogP contribution in [-0.2, 0) is 10.8 Å². The molecule has 18 aromatic carbocycles. The Balaban J connectivity index is 0.895. The van der Waals surface area contributed by atoms with Gasteiger partial charge in [0.1, 0.15) is 0 Å². The molecule has 2 heteroatoms. The van der Waals surface area contributed by atoms with Crippen molar-refractivity contribution in [3.8, 4) is 44.5 Å². The summed E-state index contributed by atoms with van der Waals surface area (Å²) < 4.78 is 0. The third-order valence-corrected chi connectivity index (χ3v) is 22.2. The normalized spacial score (nSPS) is 13.5. The van der Waals surface area contributed by atoms with E-state index in [4.69, 9.17) is 0 Å². The first kappa shape index (κ1) is 56.3. The Kier molecular flexibility index (Phi) is 12.2. The molecular formula is C96H66N2. The topological polar surface area (TPSA) is 6.48 Å². The van der Waals surface area contributed by atoms with E-state index < -0.39 is 0 Å². The molecule has 0 aliphatic heterocycles. The minimum Gasteiger partial charge on any atom is -0.310 e. The van der Waals surface area contributed by atoms with Gasteiger partial charge in [-0.1, -0.05) is 270 Å². The summed E-state index contributed by atoms with van der Waals surface area (Å²) in [5, 5.41) is 22.1. The first-order valence-electron chi connectivity index (χ1n) is 34.5. The van der Waals surface area contributed by atoms with Crippen LogP contribution in [0.25, 0.3) is 141 Å². The summed E-state index contributed by atoms with van der Waals surface area (Å²) >= 11 is 0. The number of fused-ring (bicyclic) bond motifs is 19. The minimum atomic E-state index is -0.270. The number of para-hydroxylation sites is 1. The van der Waals surface area contributed by atoms with Crippen molar-refractivity contribution in [2.75, 3.05) is 9.80 Å². The number of hydrogen-bond acceptors (Lipinski definition) is 2. The van der Waals surface area contributed by atoms with Crippen LogP contribution >= 0.6 is 0 Å². The lowest BCUT2D eigenvalue weighted by Gasteiger charge is -2.30. The summed E-state index contributed by atoms with van der Waals surface area (Å²) in [7, 11) is 0. The van der Waals surface area contributed by atoms with Crippen molar-refractivity contribution in [2.24, 2.45) is 0 Å². The summed E-state index contributed by atoms with van der Waals surface area (Å²) in [5.41, 5.74) is 21.5. The van der Waals surface area contributed by atoms with E-state index in [1.807, 2.05) is 0 Å². The molecule has 0 amide bonds. The molecule has 98 heavy (non-hydrogen) atoms. The maximum Gasteiger partial charge on any atom is 0.0468 e. The van der Waals surface area contributed by atoms with E-state index in [1.54, 1.807) is 0 Å². The standard InChI is InChI=1S/C96H66N2/c1-95(2)89-57-69(42-48-79(89)83-46-39-60-23-10-16-32-73(60)93(83)95)97(65-28-6-5-7-29-65)67-44-50-81-87(55-67)91(85-53-63-26-12-14-30-71(63)75-34-18-20-36-77(75)85)82-51-45-68(56-88(82)92(81)86-54-64-27-13-15-31-72(64)76-35-19-21-37-78(76)86)98(66-41-38-59-22-8-9-25-62(59)52-66)70-43-49-80-84-47-40-61-24-11-17-33-74(61)94(84)96(3,4)90(80)58-70/h5-58H,1-4H3. The zero-order valence-electron chi connectivity index (χ0n) is 55.1. The summed E-state index contributed by atoms with van der Waals surface area (Å²) in [6.45, 7) is 9.68. The zero-order valence-corrected chi connectivity index (χ0v) is 55.1. The molecule has 0 fully saturated rings. The van der Waals surface area contributed by atoms with Gasteiger partial charge in [-0.3, -0.25) is 0 Å². The molecule has 2 aliphatic carbocycles. The second kappa shape index (κ2) is 21.2. The van der Waals surface area contributed by atoms with Crippen molar-refractivity contribution >= 4 is 131 Å². The van der Waals surface area contributed by atoms with Crippen LogP contribution in [0.3, 0.4) is 0 Å². The zero-order chi connectivity index (χ0) is 65.1. The first-order chi connectivity index (χ1) is 48.1. The number of anilines is 6. The van der Waals surface area contributed by atoms with Crippen LogP contribution in [0.1, 0.15) is 49.9 Å². The molecule has 0 aromatic heterocycles. The Morgan fingerprint density at radius 1 is 0.184 bits per heavy atom. The monoisotopic (exact) mass is 1250 g/mol. The van der Waals surface area contributed by atoms with E-state index in [9.17, 15) is 0 Å². The smallest absolute Gasteiger partial charge is 0.0468 e. The number of benzene rings is 18. The predicted molar refractivity (Wildman–Crippen MR) is 419 cm³/mol. The maximum absolute atomic E-state index is 2.54. The van der Waals surface area contributed by atoms with Gasteiger partial charge in [-0.05, 0) is 249 Å². The highest BCUT2D eigenvalue weighted by atomic mass is 15.1. The predicted octanol–water partition coefficient (Wildman–Crippen LogP) is 27.0. The van der Waals surface area contributed by atoms with E-state index in [0.29, 0.717) is 0 Å². The average molecular weight is 1250 g/mol. The van der Waals surface area contributed by atoms with Crippen molar-refractivity contribution in [3.05, 3.63) is 350 Å². The lowest BCUT2D eigenvalue weighted by molar-refractivity contribution is 0.666. The highest BCUT2D eigenvalue weighted by molar-refractivity contribution is 6.29. The van der Waals surface area contributed by atoms with Gasteiger partial charge >= 0.3 is 0 Å². The molecule has 18 aromatic rings. The second-order valence-electron chi connectivity index (χ2n) is 28.3. The average Bonchev–Trinajstić information content (AvgIpc) is 0.795. The van der Waals surface area contributed by atoms with Gasteiger partial charge in [0.05, 0.1) is 0 Å². The highest BCUT2D eigenvalue weighted by Gasteiger charge is 2.39. The number of hydrogen-bond donors (Lipinski definition) is 0. The molecule has 0 heterocycles. The minimum absolute atomic E-state index is 0.255. The SMILES string of the molecule is CC1(C)c2cc(N(c3ccccc3)c3ccc4c(-c5cc6ccccc6c6ccccc56)c5cc(N(c6ccc7c(c6)C(C)(C)c6c-7ccc7ccccc67)c6ccc7ccccc7c6)ccc5c(-c5cc6ccccc6c6ccccc56)c4c3)ccc2-c2ccc3ccccc3c21. The summed E-state index contributed by atoms with van der Waals surface area (Å²) in [6, 6.07) is 124. The molecule has 0 spiro atoms. The Morgan fingerprint density at radius 3 is 1.01 bits per heavy atom. The molecular weight excluding hydrogens is 1180 g/mol. The molecule has 0 radical (unpaired) electrons. The fourth-order valence-electron chi connectivity index (χ4n) is 17.8. The van der Waals surface area contributed by atoms with Crippen LogP contribution in [0.15, 0.2) is 328 Å². The third kappa shape index (κ3) is 8.28. The van der Waals surface area contributed by atoms with Crippen molar-refractivity contribution in [2.45, 2.75) is 38.5 Å². The second-order valence-corrected chi connectivity index (χ2v) is 28.3. The van der Waals surface area contributed by atoms with Crippen LogP contribution in [0, 0.1) is 0 Å². The Hall–Kier alpha value is -12.1. The van der Waals surface area contributed by atoms with E-state index in [0.717, 1.165) is 34.1 Å². The van der Waals surface area contributed by atoms with E-state index in [2.05, 4.69) is 365 Å². The van der Waals surface area contributed by atoms with Gasteiger partial charge in [0.15, 0.2) is 0 Å². The van der Waals surface area contributed by atoms with Crippen LogP contribution in [0.4, 0.5) is 34.1 Å². The maximum atomic E-state index is 2.54. The molecule has 0 N–H and O–H groups in total. The highest BCUT2D eigenvalue weighted by Crippen LogP contribution is 2.57. The Bertz CT molecular complexity index is 6450. The van der Waals surface area contributed by atoms with E-state index in [-0.39, 0.29) is 10.8 Å². The van der Waals surface area contributed by atoms with Gasteiger partial charge in [-0.2, -0.15) is 0 Å². The van der Waals surface area contributed by atoms with Crippen LogP contribution < -0.4 is 9.80 Å². The van der Waals surface area contributed by atoms with Crippen LogP contribution in [0.5, 0.6) is 0 Å². The van der Waals surface area contributed by atoms with E-state index in [1.165, 1.54) is 164 Å². The van der Waals surface area contributed by atoms with Crippen molar-refractivity contribution in [3.63, 3.8) is 0 Å². The lowest BCUT2D eigenvalue weighted by atomic mass is 9.80. The fraction of sp³-hybridized carbons (Fsp3) is 0.0625. The largest absolute Gasteiger partial charge is 0.310 e. The van der Waals surface area contributed by atoms with Gasteiger partial charge in [0, 0.05) is 45.0 Å². The van der Waals surface area contributed by atoms with Gasteiger partial charge < -0.3 is 9.80 Å². The summed E-state index contributed by atoms with van der Waals surface area (Å²) in [6.07, 6.45) is 0. The van der Waals surface area contributed by atoms with Crippen molar-refractivity contribution in [1.29, 1.82) is 0 Å². The molecule has 2 aliphatic rings. The molecule has 0 bridgehead atoms. The number of rotatable bonds is 8.